The fourth-order valence-electron chi connectivity index (χ4n) is 1.67. The van der Waals surface area contributed by atoms with Crippen LogP contribution in [0.2, 0.25) is 0 Å². The number of amides is 1. The third-order valence-electron chi connectivity index (χ3n) is 2.84. The summed E-state index contributed by atoms with van der Waals surface area (Å²) < 4.78 is 6.28. The van der Waals surface area contributed by atoms with Gasteiger partial charge in [-0.3, -0.25) is 9.48 Å². The van der Waals surface area contributed by atoms with Crippen LogP contribution in [0.15, 0.2) is 0 Å². The molecule has 0 aliphatic carbocycles. The lowest BCUT2D eigenvalue weighted by Gasteiger charge is -2.08. The Labute approximate surface area is 118 Å². The lowest BCUT2D eigenvalue weighted by atomic mass is 10.1. The highest BCUT2D eigenvalue weighted by Gasteiger charge is 2.20. The van der Waals surface area contributed by atoms with Crippen LogP contribution in [-0.2, 0) is 16.6 Å². The molecule has 7 nitrogen and oxygen atoms in total. The van der Waals surface area contributed by atoms with Gasteiger partial charge in [0.25, 0.3) is 5.91 Å². The average molecular weight is 282 g/mol. The molecule has 1 heterocycles. The van der Waals surface area contributed by atoms with Gasteiger partial charge in [0, 0.05) is 13.6 Å². The monoisotopic (exact) mass is 282 g/mol. The number of aryl methyl sites for hydroxylation is 2. The maximum Gasteiger partial charge on any atom is 0.359 e. The van der Waals surface area contributed by atoms with Crippen molar-refractivity contribution in [2.75, 3.05) is 18.9 Å². The van der Waals surface area contributed by atoms with Crippen LogP contribution in [0.4, 0.5) is 5.69 Å². The number of hydrogen-bond donors (Lipinski definition) is 2. The molecule has 0 aromatic carbocycles. The van der Waals surface area contributed by atoms with Crippen LogP contribution >= 0.6 is 0 Å². The van der Waals surface area contributed by atoms with Gasteiger partial charge in [-0.05, 0) is 19.3 Å². The molecule has 0 aliphatic rings. The number of carbonyl (C=O) groups excluding carboxylic acids is 2. The second-order valence-corrected chi connectivity index (χ2v) is 5.08. The largest absolute Gasteiger partial charge is 0.451 e. The van der Waals surface area contributed by atoms with Gasteiger partial charge in [-0.15, -0.1) is 0 Å². The van der Waals surface area contributed by atoms with Gasteiger partial charge in [0.15, 0.2) is 12.3 Å². The number of rotatable bonds is 6. The molecule has 7 heteroatoms. The van der Waals surface area contributed by atoms with Crippen LogP contribution in [0.3, 0.4) is 0 Å². The summed E-state index contributed by atoms with van der Waals surface area (Å²) in [5.41, 5.74) is 6.74. The van der Waals surface area contributed by atoms with Gasteiger partial charge < -0.3 is 15.8 Å². The van der Waals surface area contributed by atoms with Crippen LogP contribution in [0.1, 0.15) is 36.5 Å². The standard InChI is InChI=1S/C13H22N4O3/c1-8(2)5-6-15-10(18)7-20-13(19)12-11(14)9(3)16-17(12)4/h8H,5-7,14H2,1-4H3,(H,15,18). The molecule has 0 atom stereocenters. The van der Waals surface area contributed by atoms with E-state index in [1.165, 1.54) is 4.68 Å². The van der Waals surface area contributed by atoms with E-state index in [1.54, 1.807) is 14.0 Å². The minimum atomic E-state index is -0.649. The predicted molar refractivity (Wildman–Crippen MR) is 75.1 cm³/mol. The number of esters is 1. The number of ether oxygens (including phenoxy) is 1. The third-order valence-corrected chi connectivity index (χ3v) is 2.84. The topological polar surface area (TPSA) is 99.2 Å². The zero-order valence-corrected chi connectivity index (χ0v) is 12.4. The van der Waals surface area contributed by atoms with Crippen molar-refractivity contribution in [1.82, 2.24) is 15.1 Å². The molecule has 1 amide bonds. The lowest BCUT2D eigenvalue weighted by Crippen LogP contribution is -2.30. The van der Waals surface area contributed by atoms with Crippen molar-refractivity contribution >= 4 is 17.6 Å². The Balaban J connectivity index is 2.45. The van der Waals surface area contributed by atoms with Gasteiger partial charge in [0.2, 0.25) is 0 Å². The molecule has 0 spiro atoms. The van der Waals surface area contributed by atoms with Gasteiger partial charge >= 0.3 is 5.97 Å². The minimum absolute atomic E-state index is 0.164. The normalized spacial score (nSPS) is 10.7. The molecule has 1 aromatic heterocycles. The molecule has 0 bridgehead atoms. The highest BCUT2D eigenvalue weighted by Crippen LogP contribution is 2.15. The van der Waals surface area contributed by atoms with E-state index in [-0.39, 0.29) is 23.9 Å². The smallest absolute Gasteiger partial charge is 0.359 e. The Kier molecular flexibility index (Phi) is 5.54. The maximum absolute atomic E-state index is 11.8. The summed E-state index contributed by atoms with van der Waals surface area (Å²) in [6.45, 7) is 6.09. The second kappa shape index (κ2) is 6.93. The molecule has 0 saturated heterocycles. The second-order valence-electron chi connectivity index (χ2n) is 5.08. The fraction of sp³-hybridized carbons (Fsp3) is 0.615. The zero-order chi connectivity index (χ0) is 15.3. The van der Waals surface area contributed by atoms with E-state index >= 15 is 0 Å². The molecule has 0 saturated carbocycles. The van der Waals surface area contributed by atoms with Crippen molar-refractivity contribution in [3.05, 3.63) is 11.4 Å². The molecule has 1 rings (SSSR count). The summed E-state index contributed by atoms with van der Waals surface area (Å²) >= 11 is 0. The average Bonchev–Trinajstić information content (AvgIpc) is 2.60. The van der Waals surface area contributed by atoms with Gasteiger partial charge in [-0.25, -0.2) is 4.79 Å². The Hall–Kier alpha value is -2.05. The number of nitrogens with one attached hydrogen (secondary N) is 1. The lowest BCUT2D eigenvalue weighted by molar-refractivity contribution is -0.124. The molecule has 0 aliphatic heterocycles. The number of nitrogens with two attached hydrogens (primary N) is 1. The number of hydrogen-bond acceptors (Lipinski definition) is 5. The Morgan fingerprint density at radius 3 is 2.60 bits per heavy atom. The van der Waals surface area contributed by atoms with Crippen LogP contribution in [-0.4, -0.2) is 34.8 Å². The highest BCUT2D eigenvalue weighted by molar-refractivity contribution is 5.95. The number of nitrogens with zero attached hydrogens (tertiary/aromatic N) is 2. The zero-order valence-electron chi connectivity index (χ0n) is 12.4. The number of nitrogen functional groups attached to an aromatic ring is 1. The Morgan fingerprint density at radius 2 is 2.10 bits per heavy atom. The molecule has 0 fully saturated rings. The van der Waals surface area contributed by atoms with Gasteiger partial charge in [-0.1, -0.05) is 13.8 Å². The van der Waals surface area contributed by atoms with Gasteiger partial charge in [0.05, 0.1) is 11.4 Å². The van der Waals surface area contributed by atoms with E-state index in [0.29, 0.717) is 18.2 Å². The molecular weight excluding hydrogens is 260 g/mol. The molecule has 20 heavy (non-hydrogen) atoms. The molecular formula is C13H22N4O3. The van der Waals surface area contributed by atoms with Crippen molar-refractivity contribution in [1.29, 1.82) is 0 Å². The quantitative estimate of drug-likeness (QED) is 0.745. The summed E-state index contributed by atoms with van der Waals surface area (Å²) in [5.74, 6) is -0.462. The van der Waals surface area contributed by atoms with E-state index in [2.05, 4.69) is 24.3 Å². The maximum atomic E-state index is 11.8. The van der Waals surface area contributed by atoms with Crippen molar-refractivity contribution in [2.24, 2.45) is 13.0 Å². The van der Waals surface area contributed by atoms with Crippen LogP contribution < -0.4 is 11.1 Å². The number of carbonyl (C=O) groups is 2. The molecule has 112 valence electrons. The first-order chi connectivity index (χ1) is 9.32. The van der Waals surface area contributed by atoms with Crippen molar-refractivity contribution in [3.8, 4) is 0 Å². The molecule has 0 unspecified atom stereocenters. The first-order valence-electron chi connectivity index (χ1n) is 6.55. The fourth-order valence-corrected chi connectivity index (χ4v) is 1.67. The molecule has 1 aromatic rings. The van der Waals surface area contributed by atoms with Crippen molar-refractivity contribution in [3.63, 3.8) is 0 Å². The highest BCUT2D eigenvalue weighted by atomic mass is 16.5. The van der Waals surface area contributed by atoms with E-state index in [1.807, 2.05) is 0 Å². The van der Waals surface area contributed by atoms with Crippen LogP contribution in [0.25, 0.3) is 0 Å². The molecule has 3 N–H and O–H groups in total. The Morgan fingerprint density at radius 1 is 1.45 bits per heavy atom. The number of aromatic nitrogens is 2. The van der Waals surface area contributed by atoms with Gasteiger partial charge in [-0.2, -0.15) is 5.10 Å². The summed E-state index contributed by atoms with van der Waals surface area (Å²) in [6.07, 6.45) is 0.882. The third kappa shape index (κ3) is 4.25. The predicted octanol–water partition coefficient (Wildman–Crippen LogP) is 0.630. The summed E-state index contributed by atoms with van der Waals surface area (Å²) in [4.78, 5) is 23.3. The summed E-state index contributed by atoms with van der Waals surface area (Å²) in [6, 6.07) is 0. The van der Waals surface area contributed by atoms with Crippen molar-refractivity contribution in [2.45, 2.75) is 27.2 Å². The van der Waals surface area contributed by atoms with Crippen LogP contribution in [0.5, 0.6) is 0 Å². The van der Waals surface area contributed by atoms with Crippen molar-refractivity contribution < 1.29 is 14.3 Å². The van der Waals surface area contributed by atoms with Crippen LogP contribution in [0, 0.1) is 12.8 Å². The first-order valence-corrected chi connectivity index (χ1v) is 6.55. The van der Waals surface area contributed by atoms with E-state index < -0.39 is 5.97 Å². The van der Waals surface area contributed by atoms with E-state index in [9.17, 15) is 9.59 Å². The Bertz CT molecular complexity index is 494. The minimum Gasteiger partial charge on any atom is -0.451 e. The summed E-state index contributed by atoms with van der Waals surface area (Å²) in [7, 11) is 1.60. The first kappa shape index (κ1) is 16.0. The SMILES string of the molecule is Cc1nn(C)c(C(=O)OCC(=O)NCCC(C)C)c1N. The van der Waals surface area contributed by atoms with E-state index in [0.717, 1.165) is 6.42 Å². The number of anilines is 1. The molecule has 0 radical (unpaired) electrons. The van der Waals surface area contributed by atoms with Gasteiger partial charge in [0.1, 0.15) is 0 Å². The van der Waals surface area contributed by atoms with E-state index in [4.69, 9.17) is 10.5 Å². The summed E-state index contributed by atoms with van der Waals surface area (Å²) in [5, 5.41) is 6.70.